The third-order valence-corrected chi connectivity index (χ3v) is 4.96. The molecule has 10 nitrogen and oxygen atoms in total. The van der Waals surface area contributed by atoms with Crippen molar-refractivity contribution in [3.05, 3.63) is 0 Å². The van der Waals surface area contributed by atoms with Crippen LogP contribution in [0.25, 0.3) is 0 Å². The van der Waals surface area contributed by atoms with Crippen molar-refractivity contribution in [2.75, 3.05) is 33.2 Å². The molecular weight excluding hydrogens is 315 g/mol. The second-order valence-electron chi connectivity index (χ2n) is 2.57. The van der Waals surface area contributed by atoms with Gasteiger partial charge in [0.1, 0.15) is 0 Å². The summed E-state index contributed by atoms with van der Waals surface area (Å²) in [5.74, 6) is -2.25. The van der Waals surface area contributed by atoms with E-state index in [2.05, 4.69) is 21.9 Å². The van der Waals surface area contributed by atoms with E-state index in [1.54, 1.807) is 0 Å². The van der Waals surface area contributed by atoms with E-state index in [0.29, 0.717) is 0 Å². The minimum atomic E-state index is -4.34. The summed E-state index contributed by atoms with van der Waals surface area (Å²) in [4.78, 5) is 0. The number of phosphoric acid groups is 1. The smallest absolute Gasteiger partial charge is 0.290 e. The Bertz CT molecular complexity index is 450. The highest BCUT2D eigenvalue weighted by atomic mass is 32.2. The normalized spacial score (nSPS) is 13.7. The molecule has 0 aliphatic heterocycles. The molecule has 0 unspecified atom stereocenters. The Labute approximate surface area is 105 Å². The van der Waals surface area contributed by atoms with Crippen LogP contribution >= 0.6 is 7.82 Å². The van der Waals surface area contributed by atoms with Gasteiger partial charge in [0.2, 0.25) is 0 Å². The van der Waals surface area contributed by atoms with Gasteiger partial charge in [-0.25, -0.2) is 4.57 Å². The quantitative estimate of drug-likeness (QED) is 0.408. The molecular formula is C5H13O10PS2. The average Bonchev–Trinajstić information content (AvgIpc) is 2.34. The fourth-order valence-corrected chi connectivity index (χ4v) is 3.04. The molecule has 0 fully saturated rings. The Morgan fingerprint density at radius 2 is 1.17 bits per heavy atom. The van der Waals surface area contributed by atoms with Crippen molar-refractivity contribution in [2.24, 2.45) is 0 Å². The van der Waals surface area contributed by atoms with Crippen LogP contribution in [0.15, 0.2) is 0 Å². The second kappa shape index (κ2) is 6.91. The molecule has 0 saturated heterocycles. The zero-order valence-electron chi connectivity index (χ0n) is 9.76. The first-order chi connectivity index (χ1) is 8.10. The predicted molar refractivity (Wildman–Crippen MR) is 58.4 cm³/mol. The lowest BCUT2D eigenvalue weighted by atomic mass is 11.7. The summed E-state index contributed by atoms with van der Waals surface area (Å²) in [5, 5.41) is 0. The van der Waals surface area contributed by atoms with Crippen LogP contribution in [0.3, 0.4) is 0 Å². The molecule has 0 saturated carbocycles. The molecule has 0 aliphatic carbocycles. The van der Waals surface area contributed by atoms with Crippen molar-refractivity contribution in [2.45, 2.75) is 0 Å². The Morgan fingerprint density at radius 1 is 0.833 bits per heavy atom. The highest BCUT2D eigenvalue weighted by Gasteiger charge is 2.30. The molecule has 0 N–H and O–H groups in total. The summed E-state index contributed by atoms with van der Waals surface area (Å²) in [5.41, 5.74) is 0. The minimum Gasteiger partial charge on any atom is -0.290 e. The maximum atomic E-state index is 11.6. The van der Waals surface area contributed by atoms with Crippen LogP contribution in [0.4, 0.5) is 0 Å². The molecule has 0 aromatic rings. The fourth-order valence-electron chi connectivity index (χ4n) is 0.497. The standard InChI is InChI=1S/C5H13O10PS2/c1-11-16(6,14-4-17(7,8)12-2)15-5-18(9,10)13-3/h4-5H2,1-3H3. The second-order valence-corrected chi connectivity index (χ2v) is 7.72. The molecule has 0 aromatic heterocycles. The van der Waals surface area contributed by atoms with Crippen molar-refractivity contribution in [1.82, 2.24) is 0 Å². The van der Waals surface area contributed by atoms with Gasteiger partial charge in [-0.1, -0.05) is 0 Å². The molecule has 0 heterocycles. The van der Waals surface area contributed by atoms with Gasteiger partial charge in [-0.15, -0.1) is 0 Å². The monoisotopic (exact) mass is 328 g/mol. The van der Waals surface area contributed by atoms with Gasteiger partial charge in [0.25, 0.3) is 20.2 Å². The topological polar surface area (TPSA) is 132 Å². The molecule has 0 radical (unpaired) electrons. The van der Waals surface area contributed by atoms with E-state index in [9.17, 15) is 21.4 Å². The number of rotatable bonds is 9. The van der Waals surface area contributed by atoms with Gasteiger partial charge in [0, 0.05) is 7.11 Å². The summed E-state index contributed by atoms with van der Waals surface area (Å²) < 4.78 is 76.2. The number of hydrogen-bond acceptors (Lipinski definition) is 10. The molecule has 18 heavy (non-hydrogen) atoms. The maximum absolute atomic E-state index is 11.6. The summed E-state index contributed by atoms with van der Waals surface area (Å²) in [6, 6.07) is 0. The van der Waals surface area contributed by atoms with Crippen LogP contribution in [0.5, 0.6) is 0 Å². The van der Waals surface area contributed by atoms with Gasteiger partial charge in [0.15, 0.2) is 11.9 Å². The molecule has 0 aromatic carbocycles. The summed E-state index contributed by atoms with van der Waals surface area (Å²) in [6.07, 6.45) is 0. The summed E-state index contributed by atoms with van der Waals surface area (Å²) >= 11 is 0. The highest BCUT2D eigenvalue weighted by Crippen LogP contribution is 2.48. The SMILES string of the molecule is COP(=O)(OCS(=O)(=O)OC)OCS(=O)(=O)OC. The van der Waals surface area contributed by atoms with Gasteiger partial charge in [-0.3, -0.25) is 21.9 Å². The van der Waals surface area contributed by atoms with Crippen molar-refractivity contribution in [3.63, 3.8) is 0 Å². The highest BCUT2D eigenvalue weighted by molar-refractivity contribution is 7.87. The zero-order chi connectivity index (χ0) is 14.4. The van der Waals surface area contributed by atoms with Gasteiger partial charge >= 0.3 is 7.82 Å². The lowest BCUT2D eigenvalue weighted by Gasteiger charge is -2.14. The van der Waals surface area contributed by atoms with Crippen LogP contribution in [0, 0.1) is 0 Å². The first-order valence-corrected chi connectivity index (χ1v) is 8.73. The van der Waals surface area contributed by atoms with Gasteiger partial charge in [-0.05, 0) is 0 Å². The number of phosphoric ester groups is 1. The maximum Gasteiger partial charge on any atom is 0.476 e. The zero-order valence-corrected chi connectivity index (χ0v) is 12.3. The third-order valence-electron chi connectivity index (χ3n) is 1.44. The molecule has 0 atom stereocenters. The Balaban J connectivity index is 4.60. The molecule has 13 heteroatoms. The van der Waals surface area contributed by atoms with Gasteiger partial charge in [0.05, 0.1) is 14.2 Å². The predicted octanol–water partition coefficient (Wildman–Crippen LogP) is -0.359. The Kier molecular flexibility index (Phi) is 6.89. The average molecular weight is 328 g/mol. The molecule has 0 spiro atoms. The van der Waals surface area contributed by atoms with E-state index >= 15 is 0 Å². The molecule has 0 rings (SSSR count). The third kappa shape index (κ3) is 6.75. The van der Waals surface area contributed by atoms with Gasteiger partial charge < -0.3 is 0 Å². The summed E-state index contributed by atoms with van der Waals surface area (Å²) in [7, 11) is -9.83. The fraction of sp³-hybridized carbons (Fsp3) is 1.00. The Morgan fingerprint density at radius 3 is 1.39 bits per heavy atom. The Hall–Kier alpha value is -0.0700. The first-order valence-electron chi connectivity index (χ1n) is 4.11. The van der Waals surface area contributed by atoms with Crippen LogP contribution < -0.4 is 0 Å². The van der Waals surface area contributed by atoms with Crippen LogP contribution in [0.2, 0.25) is 0 Å². The van der Waals surface area contributed by atoms with E-state index in [1.165, 1.54) is 0 Å². The molecule has 0 bridgehead atoms. The van der Waals surface area contributed by atoms with E-state index in [-0.39, 0.29) is 0 Å². The lowest BCUT2D eigenvalue weighted by Crippen LogP contribution is -2.14. The molecule has 110 valence electrons. The largest absolute Gasteiger partial charge is 0.476 e. The van der Waals surface area contributed by atoms with Crippen LogP contribution in [-0.4, -0.2) is 50.0 Å². The van der Waals surface area contributed by atoms with Crippen LogP contribution in [0.1, 0.15) is 0 Å². The van der Waals surface area contributed by atoms with Crippen LogP contribution in [-0.2, 0) is 46.7 Å². The van der Waals surface area contributed by atoms with E-state index < -0.39 is 39.9 Å². The lowest BCUT2D eigenvalue weighted by molar-refractivity contribution is 0.156. The number of hydrogen-bond donors (Lipinski definition) is 0. The first kappa shape index (κ1) is 17.9. The van der Waals surface area contributed by atoms with E-state index in [4.69, 9.17) is 0 Å². The molecule has 0 amide bonds. The van der Waals surface area contributed by atoms with Crippen molar-refractivity contribution >= 4 is 28.1 Å². The van der Waals surface area contributed by atoms with E-state index in [1.807, 2.05) is 0 Å². The van der Waals surface area contributed by atoms with Crippen molar-refractivity contribution in [3.8, 4) is 0 Å². The van der Waals surface area contributed by atoms with Crippen molar-refractivity contribution < 1.29 is 43.3 Å². The van der Waals surface area contributed by atoms with Crippen molar-refractivity contribution in [1.29, 1.82) is 0 Å². The summed E-state index contributed by atoms with van der Waals surface area (Å²) in [6.45, 7) is 0. The van der Waals surface area contributed by atoms with E-state index in [0.717, 1.165) is 21.3 Å². The molecule has 0 aliphatic rings. The van der Waals surface area contributed by atoms with Gasteiger partial charge in [-0.2, -0.15) is 16.8 Å². The minimum absolute atomic E-state index is 0.868.